The number of nitrogens with one attached hydrogen (secondary N) is 2. The number of nitrogens with zero attached hydrogens (tertiary/aromatic N) is 5. The molecule has 4 rings (SSSR count). The lowest BCUT2D eigenvalue weighted by molar-refractivity contribution is 0.0661. The molecule has 1 atom stereocenters. The molecular weight excluding hydrogens is 366 g/mol. The molecule has 0 saturated carbocycles. The minimum atomic E-state index is -0.702. The Morgan fingerprint density at radius 2 is 2.18 bits per heavy atom. The summed E-state index contributed by atoms with van der Waals surface area (Å²) in [6, 6.07) is 1.10. The molecule has 0 bridgehead atoms. The highest BCUT2D eigenvalue weighted by Gasteiger charge is 2.27. The maximum atomic E-state index is 12.6. The molecule has 0 aromatic carbocycles. The zero-order valence-electron chi connectivity index (χ0n) is 14.8. The van der Waals surface area contributed by atoms with Crippen molar-refractivity contribution >= 4 is 5.91 Å². The second kappa shape index (κ2) is 7.55. The van der Waals surface area contributed by atoms with Gasteiger partial charge < -0.3 is 14.4 Å². The fourth-order valence-corrected chi connectivity index (χ4v) is 3.27. The normalized spacial score (nSPS) is 16.9. The van der Waals surface area contributed by atoms with E-state index in [1.54, 1.807) is 23.5 Å². The number of amides is 1. The third-order valence-electron chi connectivity index (χ3n) is 4.52. The third kappa shape index (κ3) is 3.87. The summed E-state index contributed by atoms with van der Waals surface area (Å²) in [5.74, 6) is 0.581. The molecule has 3 aromatic heterocycles. The Hall–Kier alpha value is -3.63. The third-order valence-corrected chi connectivity index (χ3v) is 4.52. The van der Waals surface area contributed by atoms with Gasteiger partial charge >= 0.3 is 5.69 Å². The van der Waals surface area contributed by atoms with Crippen LogP contribution in [0, 0.1) is 5.92 Å². The maximum Gasteiger partial charge on any atom is 0.326 e. The molecule has 0 radical (unpaired) electrons. The first-order valence-corrected chi connectivity index (χ1v) is 8.80. The number of likely N-dealkylation sites (tertiary alicyclic amines) is 1. The van der Waals surface area contributed by atoms with E-state index < -0.39 is 11.2 Å². The Labute approximate surface area is 157 Å². The summed E-state index contributed by atoms with van der Waals surface area (Å²) in [6.07, 6.45) is 6.88. The van der Waals surface area contributed by atoms with Gasteiger partial charge in [-0.15, -0.1) is 0 Å². The molecule has 1 amide bonds. The van der Waals surface area contributed by atoms with Crippen molar-refractivity contribution in [3.8, 4) is 11.5 Å². The standard InChI is InChI=1S/C17H17N7O4/c25-13-7-11(20-17(27)21-13)16(26)24-5-1-2-10(9-24)6-14-22-15(23-28-14)12-8-18-3-4-19-12/h3-4,7-8,10H,1-2,5-6,9H2,(H2,20,21,25,27). The Morgan fingerprint density at radius 1 is 1.29 bits per heavy atom. The topological polar surface area (TPSA) is 151 Å². The number of aromatic amines is 2. The maximum absolute atomic E-state index is 12.6. The van der Waals surface area contributed by atoms with Crippen LogP contribution in [-0.4, -0.2) is 54.0 Å². The minimum absolute atomic E-state index is 0.0165. The van der Waals surface area contributed by atoms with Crippen LogP contribution in [0.15, 0.2) is 38.8 Å². The molecule has 28 heavy (non-hydrogen) atoms. The van der Waals surface area contributed by atoms with Gasteiger partial charge in [-0.05, 0) is 18.8 Å². The van der Waals surface area contributed by atoms with E-state index in [0.717, 1.165) is 18.9 Å². The van der Waals surface area contributed by atoms with Gasteiger partial charge in [-0.2, -0.15) is 4.98 Å². The highest BCUT2D eigenvalue weighted by molar-refractivity contribution is 5.92. The average Bonchev–Trinajstić information content (AvgIpc) is 3.16. The van der Waals surface area contributed by atoms with Gasteiger partial charge in [-0.1, -0.05) is 5.16 Å². The predicted molar refractivity (Wildman–Crippen MR) is 95.3 cm³/mol. The average molecular weight is 383 g/mol. The number of piperidine rings is 1. The van der Waals surface area contributed by atoms with Crippen LogP contribution in [0.25, 0.3) is 11.5 Å². The van der Waals surface area contributed by atoms with Crippen molar-refractivity contribution in [3.63, 3.8) is 0 Å². The van der Waals surface area contributed by atoms with Crippen molar-refractivity contribution in [1.29, 1.82) is 0 Å². The number of H-pyrrole nitrogens is 2. The molecule has 11 heteroatoms. The van der Waals surface area contributed by atoms with E-state index in [-0.39, 0.29) is 17.5 Å². The van der Waals surface area contributed by atoms with Crippen molar-refractivity contribution in [1.82, 2.24) is 35.0 Å². The molecule has 144 valence electrons. The van der Waals surface area contributed by atoms with Crippen LogP contribution in [0.4, 0.5) is 0 Å². The molecule has 1 aliphatic rings. The van der Waals surface area contributed by atoms with Gasteiger partial charge in [0.05, 0.1) is 6.20 Å². The lowest BCUT2D eigenvalue weighted by Crippen LogP contribution is -2.42. The summed E-state index contributed by atoms with van der Waals surface area (Å²) in [6.45, 7) is 1.02. The molecular formula is C17H17N7O4. The van der Waals surface area contributed by atoms with E-state index >= 15 is 0 Å². The van der Waals surface area contributed by atoms with Crippen LogP contribution in [0.3, 0.4) is 0 Å². The van der Waals surface area contributed by atoms with Gasteiger partial charge in [0.25, 0.3) is 11.5 Å². The Bertz CT molecular complexity index is 1060. The van der Waals surface area contributed by atoms with Crippen molar-refractivity contribution in [2.24, 2.45) is 5.92 Å². The molecule has 1 unspecified atom stereocenters. The van der Waals surface area contributed by atoms with Crippen molar-refractivity contribution in [3.05, 3.63) is 57.1 Å². The predicted octanol–water partition coefficient (Wildman–Crippen LogP) is -0.00190. The van der Waals surface area contributed by atoms with Gasteiger partial charge in [-0.3, -0.25) is 19.6 Å². The van der Waals surface area contributed by atoms with Crippen LogP contribution in [0.1, 0.15) is 29.2 Å². The monoisotopic (exact) mass is 383 g/mol. The Balaban J connectivity index is 1.44. The van der Waals surface area contributed by atoms with Gasteiger partial charge in [0.2, 0.25) is 11.7 Å². The zero-order valence-corrected chi connectivity index (χ0v) is 14.8. The number of hydrogen-bond donors (Lipinski definition) is 2. The second-order valence-corrected chi connectivity index (χ2v) is 6.57. The number of aromatic nitrogens is 6. The highest BCUT2D eigenvalue weighted by atomic mass is 16.5. The Kier molecular flexibility index (Phi) is 4.79. The summed E-state index contributed by atoms with van der Waals surface area (Å²) in [5.41, 5.74) is -0.803. The molecule has 1 saturated heterocycles. The molecule has 3 aromatic rings. The van der Waals surface area contributed by atoms with Crippen LogP contribution in [-0.2, 0) is 6.42 Å². The van der Waals surface area contributed by atoms with E-state index in [1.807, 2.05) is 0 Å². The highest BCUT2D eigenvalue weighted by Crippen LogP contribution is 2.22. The molecule has 0 aliphatic carbocycles. The van der Waals surface area contributed by atoms with Crippen molar-refractivity contribution in [2.45, 2.75) is 19.3 Å². The largest absolute Gasteiger partial charge is 0.339 e. The number of carbonyl (C=O) groups is 1. The number of carbonyl (C=O) groups excluding carboxylic acids is 1. The minimum Gasteiger partial charge on any atom is -0.339 e. The van der Waals surface area contributed by atoms with Gasteiger partial charge in [0, 0.05) is 38.0 Å². The van der Waals surface area contributed by atoms with Gasteiger partial charge in [0.1, 0.15) is 11.4 Å². The quantitative estimate of drug-likeness (QED) is 0.639. The van der Waals surface area contributed by atoms with E-state index in [1.165, 1.54) is 0 Å². The summed E-state index contributed by atoms with van der Waals surface area (Å²) in [7, 11) is 0. The summed E-state index contributed by atoms with van der Waals surface area (Å²) < 4.78 is 5.31. The van der Waals surface area contributed by atoms with Crippen LogP contribution < -0.4 is 11.2 Å². The lowest BCUT2D eigenvalue weighted by atomic mass is 9.94. The number of rotatable bonds is 4. The fraction of sp³-hybridized carbons (Fsp3) is 0.353. The Morgan fingerprint density at radius 3 is 2.96 bits per heavy atom. The second-order valence-electron chi connectivity index (χ2n) is 6.57. The molecule has 1 aliphatic heterocycles. The molecule has 0 spiro atoms. The van der Waals surface area contributed by atoms with E-state index in [0.29, 0.717) is 36.9 Å². The summed E-state index contributed by atoms with van der Waals surface area (Å²) in [4.78, 5) is 54.0. The van der Waals surface area contributed by atoms with Crippen molar-refractivity contribution < 1.29 is 9.32 Å². The van der Waals surface area contributed by atoms with Crippen LogP contribution in [0.5, 0.6) is 0 Å². The first-order chi connectivity index (χ1) is 13.6. The van der Waals surface area contributed by atoms with E-state index in [4.69, 9.17) is 4.52 Å². The van der Waals surface area contributed by atoms with Crippen molar-refractivity contribution in [2.75, 3.05) is 13.1 Å². The lowest BCUT2D eigenvalue weighted by Gasteiger charge is -2.32. The van der Waals surface area contributed by atoms with Gasteiger partial charge in [0.15, 0.2) is 0 Å². The SMILES string of the molecule is O=C(c1cc(=O)[nH]c(=O)[nH]1)N1CCCC(Cc2nc(-c3cnccn3)no2)C1. The smallest absolute Gasteiger partial charge is 0.326 e. The zero-order chi connectivity index (χ0) is 19.5. The van der Waals surface area contributed by atoms with Crippen LogP contribution in [0.2, 0.25) is 0 Å². The van der Waals surface area contributed by atoms with E-state index in [9.17, 15) is 14.4 Å². The van der Waals surface area contributed by atoms with Gasteiger partial charge in [-0.25, -0.2) is 9.78 Å². The first kappa shape index (κ1) is 17.8. The van der Waals surface area contributed by atoms with E-state index in [2.05, 4.69) is 30.1 Å². The molecule has 11 nitrogen and oxygen atoms in total. The van der Waals surface area contributed by atoms with Crippen LogP contribution >= 0.6 is 0 Å². The first-order valence-electron chi connectivity index (χ1n) is 8.80. The number of hydrogen-bond acceptors (Lipinski definition) is 8. The molecule has 4 heterocycles. The summed E-state index contributed by atoms with van der Waals surface area (Å²) in [5, 5.41) is 3.93. The molecule has 2 N–H and O–H groups in total. The summed E-state index contributed by atoms with van der Waals surface area (Å²) >= 11 is 0. The fourth-order valence-electron chi connectivity index (χ4n) is 3.27. The molecule has 1 fully saturated rings.